The zero-order chi connectivity index (χ0) is 22.2. The minimum Gasteiger partial charge on any atom is -0.505 e. The average molecular weight is 419 g/mol. The molecule has 1 heterocycles. The highest BCUT2D eigenvalue weighted by molar-refractivity contribution is 6.05. The Morgan fingerprint density at radius 1 is 1.10 bits per heavy atom. The Morgan fingerprint density at radius 3 is 2.40 bits per heavy atom. The number of carboxylic acid groups (broad SMARTS) is 1. The minimum atomic E-state index is -1.22. The van der Waals surface area contributed by atoms with Gasteiger partial charge < -0.3 is 10.2 Å². The molecule has 1 aromatic heterocycles. The Kier molecular flexibility index (Phi) is 5.87. The number of halogens is 3. The molecule has 8 heteroatoms. The largest absolute Gasteiger partial charge is 0.505 e. The lowest BCUT2D eigenvalue weighted by Crippen LogP contribution is -2.16. The fourth-order valence-electron chi connectivity index (χ4n) is 3.73. The lowest BCUT2D eigenvalue weighted by atomic mass is 9.91. The van der Waals surface area contributed by atoms with Crippen molar-refractivity contribution in [3.63, 3.8) is 0 Å². The van der Waals surface area contributed by atoms with E-state index in [9.17, 15) is 33.0 Å². The van der Waals surface area contributed by atoms with E-state index in [1.54, 1.807) is 0 Å². The number of rotatable bonds is 6. The maximum atomic E-state index is 14.9. The lowest BCUT2D eigenvalue weighted by Gasteiger charge is -2.14. The summed E-state index contributed by atoms with van der Waals surface area (Å²) in [7, 11) is 0. The van der Waals surface area contributed by atoms with Crippen LogP contribution in [-0.2, 0) is 4.79 Å². The number of carbonyl (C=O) groups is 2. The number of hydrogen-bond acceptors (Lipinski definition) is 3. The molecule has 0 unspecified atom stereocenters. The number of carbonyl (C=O) groups excluding carboxylic acids is 1. The second-order valence-electron chi connectivity index (χ2n) is 7.09. The molecule has 1 atom stereocenters. The normalized spacial score (nSPS) is 12.3. The smallest absolute Gasteiger partial charge is 0.311 e. The maximum Gasteiger partial charge on any atom is 0.311 e. The Labute approximate surface area is 170 Å². The summed E-state index contributed by atoms with van der Waals surface area (Å²) in [5.41, 5.74) is 0.0904. The van der Waals surface area contributed by atoms with Crippen LogP contribution in [0, 0.1) is 24.4 Å². The van der Waals surface area contributed by atoms with E-state index in [0.717, 1.165) is 28.8 Å². The third-order valence-corrected chi connectivity index (χ3v) is 5.20. The monoisotopic (exact) mass is 419 g/mol. The highest BCUT2D eigenvalue weighted by atomic mass is 19.2. The third-order valence-electron chi connectivity index (χ3n) is 5.20. The number of phenols is 1. The van der Waals surface area contributed by atoms with Crippen molar-refractivity contribution in [3.8, 4) is 5.75 Å². The van der Waals surface area contributed by atoms with Gasteiger partial charge in [-0.15, -0.1) is 0 Å². The summed E-state index contributed by atoms with van der Waals surface area (Å²) in [6.45, 7) is 3.35. The number of nitrogens with zero attached hydrogens (tertiary/aromatic N) is 1. The summed E-state index contributed by atoms with van der Waals surface area (Å²) in [5.74, 6) is -7.12. The van der Waals surface area contributed by atoms with Crippen LogP contribution in [0.1, 0.15) is 53.7 Å². The second-order valence-corrected chi connectivity index (χ2v) is 7.09. The molecule has 0 saturated heterocycles. The standard InChI is InChI=1S/C22H20F3NO4/c1-3-4-5-13(22(29)30)18-11(2)26(16-8-9-17(27)20(25)19(16)18)21(28)12-6-7-14(23)15(24)10-12/h6-10,13,27H,3-5H2,1-2H3,(H,29,30)/t13-/m0/s1. The third kappa shape index (κ3) is 3.53. The van der Waals surface area contributed by atoms with Crippen LogP contribution < -0.4 is 0 Å². The van der Waals surface area contributed by atoms with Crippen molar-refractivity contribution in [3.05, 3.63) is 64.6 Å². The highest BCUT2D eigenvalue weighted by Crippen LogP contribution is 2.39. The van der Waals surface area contributed by atoms with Gasteiger partial charge in [-0.25, -0.2) is 13.2 Å². The number of aromatic hydroxyl groups is 1. The number of carboxylic acids is 1. The first-order chi connectivity index (χ1) is 14.2. The van der Waals surface area contributed by atoms with Crippen LogP contribution in [0.15, 0.2) is 30.3 Å². The fraction of sp³-hybridized carbons (Fsp3) is 0.273. The molecule has 0 radical (unpaired) electrons. The van der Waals surface area contributed by atoms with Gasteiger partial charge in [0, 0.05) is 16.6 Å². The van der Waals surface area contributed by atoms with Crippen LogP contribution in [-0.4, -0.2) is 26.7 Å². The van der Waals surface area contributed by atoms with Crippen LogP contribution in [0.2, 0.25) is 0 Å². The number of benzene rings is 2. The first-order valence-corrected chi connectivity index (χ1v) is 9.43. The number of aromatic nitrogens is 1. The molecule has 158 valence electrons. The molecular formula is C22H20F3NO4. The lowest BCUT2D eigenvalue weighted by molar-refractivity contribution is -0.139. The fourth-order valence-corrected chi connectivity index (χ4v) is 3.73. The summed E-state index contributed by atoms with van der Waals surface area (Å²) in [6.07, 6.45) is 1.48. The summed E-state index contributed by atoms with van der Waals surface area (Å²) in [6, 6.07) is 4.97. The van der Waals surface area contributed by atoms with E-state index in [4.69, 9.17) is 0 Å². The number of aliphatic carboxylic acids is 1. The molecule has 0 spiro atoms. The van der Waals surface area contributed by atoms with E-state index in [1.165, 1.54) is 13.0 Å². The van der Waals surface area contributed by atoms with Gasteiger partial charge in [0.2, 0.25) is 0 Å². The summed E-state index contributed by atoms with van der Waals surface area (Å²) in [4.78, 5) is 25.1. The summed E-state index contributed by atoms with van der Waals surface area (Å²) in [5, 5.41) is 19.4. The quantitative estimate of drug-likeness (QED) is 0.581. The van der Waals surface area contributed by atoms with E-state index >= 15 is 0 Å². The van der Waals surface area contributed by atoms with E-state index in [2.05, 4.69) is 0 Å². The van der Waals surface area contributed by atoms with Crippen LogP contribution in [0.5, 0.6) is 5.75 Å². The molecule has 3 aromatic rings. The highest BCUT2D eigenvalue weighted by Gasteiger charge is 2.31. The van der Waals surface area contributed by atoms with E-state index < -0.39 is 41.0 Å². The molecular weight excluding hydrogens is 399 g/mol. The molecule has 3 rings (SSSR count). The van der Waals surface area contributed by atoms with Crippen molar-refractivity contribution in [2.24, 2.45) is 0 Å². The Balaban J connectivity index is 2.32. The van der Waals surface area contributed by atoms with Crippen LogP contribution >= 0.6 is 0 Å². The first kappa shape index (κ1) is 21.4. The van der Waals surface area contributed by atoms with E-state index in [1.807, 2.05) is 6.92 Å². The van der Waals surface area contributed by atoms with E-state index in [-0.39, 0.29) is 34.1 Å². The van der Waals surface area contributed by atoms with Gasteiger partial charge in [0.1, 0.15) is 0 Å². The number of unbranched alkanes of at least 4 members (excludes halogenated alkanes) is 1. The molecule has 2 aromatic carbocycles. The molecule has 0 bridgehead atoms. The minimum absolute atomic E-state index is 0.0373. The molecule has 30 heavy (non-hydrogen) atoms. The summed E-state index contributed by atoms with van der Waals surface area (Å²) >= 11 is 0. The Hall–Kier alpha value is -3.29. The predicted molar refractivity (Wildman–Crippen MR) is 104 cm³/mol. The van der Waals surface area contributed by atoms with Gasteiger partial charge in [0.05, 0.1) is 11.4 Å². The molecule has 0 aliphatic rings. The van der Waals surface area contributed by atoms with Crippen molar-refractivity contribution in [1.82, 2.24) is 4.57 Å². The Morgan fingerprint density at radius 2 is 1.80 bits per heavy atom. The molecule has 0 amide bonds. The molecule has 0 aliphatic carbocycles. The van der Waals surface area contributed by atoms with Crippen molar-refractivity contribution in [2.45, 2.75) is 39.0 Å². The number of fused-ring (bicyclic) bond motifs is 1. The van der Waals surface area contributed by atoms with Gasteiger partial charge in [0.15, 0.2) is 23.2 Å². The van der Waals surface area contributed by atoms with E-state index in [0.29, 0.717) is 12.8 Å². The Bertz CT molecular complexity index is 1150. The SMILES string of the molecule is CCCC[C@H](C(=O)O)c1c(C)n(C(=O)c2ccc(F)c(F)c2)c2ccc(O)c(F)c12. The zero-order valence-electron chi connectivity index (χ0n) is 16.4. The zero-order valence-corrected chi connectivity index (χ0v) is 16.4. The van der Waals surface area contributed by atoms with Crippen molar-refractivity contribution >= 4 is 22.8 Å². The summed E-state index contributed by atoms with van der Waals surface area (Å²) < 4.78 is 42.9. The van der Waals surface area contributed by atoms with Crippen molar-refractivity contribution < 1.29 is 33.0 Å². The van der Waals surface area contributed by atoms with Crippen LogP contribution in [0.4, 0.5) is 13.2 Å². The van der Waals surface area contributed by atoms with Gasteiger partial charge in [0.25, 0.3) is 5.91 Å². The van der Waals surface area contributed by atoms with Gasteiger partial charge in [-0.1, -0.05) is 19.8 Å². The van der Waals surface area contributed by atoms with Crippen molar-refractivity contribution in [2.75, 3.05) is 0 Å². The van der Waals surface area contributed by atoms with Gasteiger partial charge in [-0.2, -0.15) is 0 Å². The van der Waals surface area contributed by atoms with Crippen LogP contribution in [0.3, 0.4) is 0 Å². The molecule has 0 fully saturated rings. The van der Waals surface area contributed by atoms with Gasteiger partial charge in [-0.05, 0) is 49.2 Å². The first-order valence-electron chi connectivity index (χ1n) is 9.43. The van der Waals surface area contributed by atoms with Gasteiger partial charge in [-0.3, -0.25) is 14.2 Å². The van der Waals surface area contributed by atoms with Crippen LogP contribution in [0.25, 0.3) is 10.9 Å². The topological polar surface area (TPSA) is 79.5 Å². The maximum absolute atomic E-state index is 14.9. The number of phenolic OH excluding ortho intramolecular Hbond substituents is 1. The molecule has 0 saturated carbocycles. The second kappa shape index (κ2) is 8.22. The predicted octanol–water partition coefficient (Wildman–Crippen LogP) is 5.12. The van der Waals surface area contributed by atoms with Gasteiger partial charge >= 0.3 is 5.97 Å². The average Bonchev–Trinajstić information content (AvgIpc) is 2.99. The van der Waals surface area contributed by atoms with Crippen molar-refractivity contribution in [1.29, 1.82) is 0 Å². The molecule has 2 N–H and O–H groups in total. The molecule has 0 aliphatic heterocycles. The number of hydrogen-bond donors (Lipinski definition) is 2. The molecule has 5 nitrogen and oxygen atoms in total.